The number of ether oxygens (including phenoxy) is 1. The van der Waals surface area contributed by atoms with Crippen molar-refractivity contribution in [1.29, 1.82) is 0 Å². The van der Waals surface area contributed by atoms with E-state index in [2.05, 4.69) is 20.4 Å². The first-order chi connectivity index (χ1) is 13.5. The highest BCUT2D eigenvalue weighted by atomic mass is 32.2. The molecule has 2 aliphatic heterocycles. The van der Waals surface area contributed by atoms with Gasteiger partial charge in [-0.05, 0) is 38.0 Å². The van der Waals surface area contributed by atoms with Crippen LogP contribution in [0.25, 0.3) is 0 Å². The van der Waals surface area contributed by atoms with Gasteiger partial charge in [0.25, 0.3) is 0 Å². The second-order valence-corrected chi connectivity index (χ2v) is 8.92. The Bertz CT molecular complexity index is 918. The third-order valence-corrected chi connectivity index (χ3v) is 6.92. The maximum atomic E-state index is 13.0. The van der Waals surface area contributed by atoms with E-state index < -0.39 is 10.0 Å². The van der Waals surface area contributed by atoms with Gasteiger partial charge in [-0.25, -0.2) is 8.42 Å². The minimum absolute atomic E-state index is 0.279. The number of anilines is 2. The van der Waals surface area contributed by atoms with Gasteiger partial charge in [-0.2, -0.15) is 9.29 Å². The fourth-order valence-electron chi connectivity index (χ4n) is 3.57. The van der Waals surface area contributed by atoms with E-state index in [1.54, 1.807) is 19.1 Å². The van der Waals surface area contributed by atoms with E-state index in [0.717, 1.165) is 37.3 Å². The minimum atomic E-state index is -3.56. The summed E-state index contributed by atoms with van der Waals surface area (Å²) in [5.41, 5.74) is 1.75. The summed E-state index contributed by atoms with van der Waals surface area (Å²) in [4.78, 5) is 6.75. The summed E-state index contributed by atoms with van der Waals surface area (Å²) >= 11 is 0. The molecule has 0 aliphatic carbocycles. The van der Waals surface area contributed by atoms with Crippen molar-refractivity contribution in [1.82, 2.24) is 14.4 Å². The van der Waals surface area contributed by atoms with Crippen LogP contribution >= 0.6 is 0 Å². The van der Waals surface area contributed by atoms with Crippen LogP contribution in [-0.2, 0) is 21.3 Å². The number of aryl methyl sites for hydroxylation is 1. The molecule has 2 fully saturated rings. The Morgan fingerprint density at radius 1 is 1.14 bits per heavy atom. The van der Waals surface area contributed by atoms with Crippen molar-refractivity contribution in [3.8, 4) is 0 Å². The standard InChI is InChI=1S/C18H25N5O4S/c1-14-20-18(27-21-14)13-19-16-12-15(4-5-17(16)22-6-2-3-7-22)28(24,25)23-8-10-26-11-9-23/h4-5,12,19H,2-3,6-11,13H2,1H3. The molecule has 0 spiro atoms. The Kier molecular flexibility index (Phi) is 5.51. The quantitative estimate of drug-likeness (QED) is 0.771. The zero-order chi connectivity index (χ0) is 19.6. The molecule has 28 heavy (non-hydrogen) atoms. The van der Waals surface area contributed by atoms with Gasteiger partial charge in [0.15, 0.2) is 5.82 Å². The van der Waals surface area contributed by atoms with Crippen LogP contribution in [0.4, 0.5) is 11.4 Å². The molecule has 152 valence electrons. The van der Waals surface area contributed by atoms with Gasteiger partial charge in [0.2, 0.25) is 15.9 Å². The Morgan fingerprint density at radius 3 is 2.57 bits per heavy atom. The Hall–Kier alpha value is -2.17. The van der Waals surface area contributed by atoms with E-state index in [1.807, 2.05) is 6.07 Å². The summed E-state index contributed by atoms with van der Waals surface area (Å²) in [6.07, 6.45) is 2.27. The van der Waals surface area contributed by atoms with Crippen molar-refractivity contribution >= 4 is 21.4 Å². The molecule has 1 aromatic heterocycles. The predicted molar refractivity (Wildman–Crippen MR) is 104 cm³/mol. The van der Waals surface area contributed by atoms with Crippen molar-refractivity contribution in [3.05, 3.63) is 29.9 Å². The second-order valence-electron chi connectivity index (χ2n) is 6.98. The molecule has 0 bridgehead atoms. The number of rotatable bonds is 6. The van der Waals surface area contributed by atoms with Crippen molar-refractivity contribution in [2.75, 3.05) is 49.6 Å². The molecule has 4 rings (SSSR count). The maximum Gasteiger partial charge on any atom is 0.245 e. The van der Waals surface area contributed by atoms with Gasteiger partial charge in [-0.1, -0.05) is 5.16 Å². The molecule has 0 radical (unpaired) electrons. The lowest BCUT2D eigenvalue weighted by atomic mass is 10.2. The molecule has 10 heteroatoms. The number of aromatic nitrogens is 2. The topological polar surface area (TPSA) is 101 Å². The number of nitrogens with one attached hydrogen (secondary N) is 1. The SMILES string of the molecule is Cc1noc(CNc2cc(S(=O)(=O)N3CCOCC3)ccc2N2CCCC2)n1. The van der Waals surface area contributed by atoms with Crippen molar-refractivity contribution < 1.29 is 17.7 Å². The zero-order valence-electron chi connectivity index (χ0n) is 15.9. The van der Waals surface area contributed by atoms with E-state index in [-0.39, 0.29) is 4.90 Å². The van der Waals surface area contributed by atoms with Gasteiger partial charge in [0.1, 0.15) is 0 Å². The highest BCUT2D eigenvalue weighted by molar-refractivity contribution is 7.89. The monoisotopic (exact) mass is 407 g/mol. The Morgan fingerprint density at radius 2 is 1.89 bits per heavy atom. The molecule has 2 aromatic rings. The average Bonchev–Trinajstić information content (AvgIpc) is 3.38. The molecular formula is C18H25N5O4S. The zero-order valence-corrected chi connectivity index (χ0v) is 16.7. The lowest BCUT2D eigenvalue weighted by Gasteiger charge is -2.27. The van der Waals surface area contributed by atoms with Crippen LogP contribution in [0.5, 0.6) is 0 Å². The van der Waals surface area contributed by atoms with E-state index in [0.29, 0.717) is 44.6 Å². The van der Waals surface area contributed by atoms with Gasteiger partial charge in [-0.15, -0.1) is 0 Å². The second kappa shape index (κ2) is 8.06. The van der Waals surface area contributed by atoms with E-state index >= 15 is 0 Å². The van der Waals surface area contributed by atoms with Crippen LogP contribution in [0.1, 0.15) is 24.6 Å². The first kappa shape index (κ1) is 19.2. The lowest BCUT2D eigenvalue weighted by Crippen LogP contribution is -2.40. The van der Waals surface area contributed by atoms with Gasteiger partial charge < -0.3 is 19.5 Å². The van der Waals surface area contributed by atoms with Gasteiger partial charge in [0.05, 0.1) is 36.0 Å². The minimum Gasteiger partial charge on any atom is -0.379 e. The van der Waals surface area contributed by atoms with E-state index in [9.17, 15) is 8.42 Å². The number of hydrogen-bond acceptors (Lipinski definition) is 8. The lowest BCUT2D eigenvalue weighted by molar-refractivity contribution is 0.0730. The van der Waals surface area contributed by atoms with Crippen molar-refractivity contribution in [3.63, 3.8) is 0 Å². The molecule has 1 aromatic carbocycles. The molecule has 0 saturated carbocycles. The third kappa shape index (κ3) is 3.98. The first-order valence-electron chi connectivity index (χ1n) is 9.54. The van der Waals surface area contributed by atoms with Crippen LogP contribution in [0.15, 0.2) is 27.6 Å². The van der Waals surface area contributed by atoms with E-state index in [1.165, 1.54) is 4.31 Å². The summed E-state index contributed by atoms with van der Waals surface area (Å²) in [6.45, 7) is 5.62. The number of morpholine rings is 1. The van der Waals surface area contributed by atoms with Crippen LogP contribution in [0.2, 0.25) is 0 Å². The molecule has 9 nitrogen and oxygen atoms in total. The maximum absolute atomic E-state index is 13.0. The summed E-state index contributed by atoms with van der Waals surface area (Å²) < 4.78 is 38.0. The fourth-order valence-corrected chi connectivity index (χ4v) is 5.00. The summed E-state index contributed by atoms with van der Waals surface area (Å²) in [7, 11) is -3.56. The smallest absolute Gasteiger partial charge is 0.245 e. The predicted octanol–water partition coefficient (Wildman–Crippen LogP) is 1.61. The molecule has 0 unspecified atom stereocenters. The average molecular weight is 407 g/mol. The highest BCUT2D eigenvalue weighted by Crippen LogP contribution is 2.32. The largest absolute Gasteiger partial charge is 0.379 e. The normalized spacial score (nSPS) is 18.5. The van der Waals surface area contributed by atoms with Crippen molar-refractivity contribution in [2.24, 2.45) is 0 Å². The van der Waals surface area contributed by atoms with Gasteiger partial charge in [0, 0.05) is 26.2 Å². The molecule has 2 saturated heterocycles. The summed E-state index contributed by atoms with van der Waals surface area (Å²) in [6, 6.07) is 5.29. The molecule has 0 atom stereocenters. The van der Waals surface area contributed by atoms with E-state index in [4.69, 9.17) is 9.26 Å². The number of benzene rings is 1. The molecule has 1 N–H and O–H groups in total. The summed E-state index contributed by atoms with van der Waals surface area (Å²) in [5.74, 6) is 1.03. The molecule has 0 amide bonds. The van der Waals surface area contributed by atoms with Crippen LogP contribution in [0, 0.1) is 6.92 Å². The fraction of sp³-hybridized carbons (Fsp3) is 0.556. The number of nitrogens with zero attached hydrogens (tertiary/aromatic N) is 4. The Labute approximate surface area is 164 Å². The molecule has 2 aliphatic rings. The third-order valence-electron chi connectivity index (χ3n) is 5.02. The first-order valence-corrected chi connectivity index (χ1v) is 11.0. The van der Waals surface area contributed by atoms with Gasteiger partial charge >= 0.3 is 0 Å². The molecular weight excluding hydrogens is 382 g/mol. The number of hydrogen-bond donors (Lipinski definition) is 1. The number of sulfonamides is 1. The van der Waals surface area contributed by atoms with Crippen LogP contribution in [-0.4, -0.2) is 62.3 Å². The van der Waals surface area contributed by atoms with Crippen molar-refractivity contribution in [2.45, 2.75) is 31.2 Å². The summed E-state index contributed by atoms with van der Waals surface area (Å²) in [5, 5.41) is 7.09. The molecule has 3 heterocycles. The van der Waals surface area contributed by atoms with Gasteiger partial charge in [-0.3, -0.25) is 0 Å². The Balaban J connectivity index is 1.62. The highest BCUT2D eigenvalue weighted by Gasteiger charge is 2.28. The van der Waals surface area contributed by atoms with Crippen LogP contribution < -0.4 is 10.2 Å². The van der Waals surface area contributed by atoms with Crippen LogP contribution in [0.3, 0.4) is 0 Å².